The van der Waals surface area contributed by atoms with Crippen molar-refractivity contribution in [3.05, 3.63) is 69.6 Å². The van der Waals surface area contributed by atoms with Crippen molar-refractivity contribution in [2.24, 2.45) is 0 Å². The number of hydrogen-bond donors (Lipinski definition) is 5. The van der Waals surface area contributed by atoms with Crippen molar-refractivity contribution in [1.29, 1.82) is 0 Å². The van der Waals surface area contributed by atoms with Gasteiger partial charge >= 0.3 is 5.97 Å². The lowest BCUT2D eigenvalue weighted by molar-refractivity contribution is -0.137. The maximum atomic E-state index is 10.9. The fourth-order valence-corrected chi connectivity index (χ4v) is 4.25. The fourth-order valence-electron chi connectivity index (χ4n) is 3.69. The summed E-state index contributed by atoms with van der Waals surface area (Å²) in [4.78, 5) is 10.9. The second-order valence-corrected chi connectivity index (χ2v) is 7.95. The smallest absolute Gasteiger partial charge is 0.303 e. The van der Waals surface area contributed by atoms with Crippen LogP contribution in [-0.4, -0.2) is 37.7 Å². The number of nitrogens with one attached hydrogen (secondary N) is 3. The number of carboxylic acids is 1. The first-order valence-electron chi connectivity index (χ1n) is 9.68. The molecular weight excluding hydrogens is 436 g/mol. The van der Waals surface area contributed by atoms with Gasteiger partial charge in [-0.05, 0) is 78.2 Å². The molecule has 31 heavy (non-hydrogen) atoms. The van der Waals surface area contributed by atoms with Gasteiger partial charge in [0.05, 0.1) is 11.8 Å². The number of aromatic nitrogens is 3. The molecule has 0 amide bonds. The van der Waals surface area contributed by atoms with Gasteiger partial charge < -0.3 is 20.3 Å². The summed E-state index contributed by atoms with van der Waals surface area (Å²) in [6.45, 7) is 0.222. The van der Waals surface area contributed by atoms with Gasteiger partial charge in [-0.2, -0.15) is 0 Å². The molecule has 5 N–H and O–H groups in total. The molecule has 4 rings (SSSR count). The molecule has 1 radical (unpaired) electrons. The van der Waals surface area contributed by atoms with Gasteiger partial charge in [0.1, 0.15) is 5.75 Å². The Bertz CT molecular complexity index is 1190. The lowest BCUT2D eigenvalue weighted by atomic mass is 9.96. The summed E-state index contributed by atoms with van der Waals surface area (Å²) >= 11 is 10.5. The van der Waals surface area contributed by atoms with Crippen LogP contribution in [0.25, 0.3) is 5.69 Å². The molecule has 3 aromatic rings. The van der Waals surface area contributed by atoms with Crippen LogP contribution in [0.1, 0.15) is 36.0 Å². The molecule has 0 bridgehead atoms. The number of fused-ring (bicyclic) bond motifs is 1. The lowest BCUT2D eigenvalue weighted by Crippen LogP contribution is -2.09. The van der Waals surface area contributed by atoms with Gasteiger partial charge in [-0.1, -0.05) is 12.1 Å². The minimum atomic E-state index is -0.850. The van der Waals surface area contributed by atoms with Crippen molar-refractivity contribution in [2.45, 2.75) is 24.9 Å². The molecule has 8 nitrogen and oxygen atoms in total. The summed E-state index contributed by atoms with van der Waals surface area (Å²) in [6, 6.07) is 13.1. The Balaban J connectivity index is 1.42. The molecule has 1 heterocycles. The summed E-state index contributed by atoms with van der Waals surface area (Å²) in [5, 5.41) is 28.0. The van der Waals surface area contributed by atoms with Crippen LogP contribution in [0, 0.1) is 16.0 Å². The first kappa shape index (κ1) is 21.3. The van der Waals surface area contributed by atoms with E-state index in [4.69, 9.17) is 34.3 Å². The van der Waals surface area contributed by atoms with E-state index in [9.17, 15) is 9.90 Å². The molecule has 1 aliphatic rings. The Hall–Kier alpha value is -2.95. The standard InChI is InChI=1S/C21H21N4O4S2/c26-18-8-12(4-7-19(27)28)17-10-15(5-6-16(17)18)29-11-22-13-2-1-3-14(9-13)25-20(30)23-24-21(25)31/h1-3,5-6,8-10,12,18,22,26H,4,7,11H2,(H,23,30)(H,24,31)(H,27,28). The number of aliphatic carboxylic acids is 1. The van der Waals surface area contributed by atoms with Gasteiger partial charge in [-0.15, -0.1) is 0 Å². The molecule has 161 valence electrons. The number of aliphatic hydroxyl groups is 1. The Morgan fingerprint density at radius 2 is 1.90 bits per heavy atom. The molecular formula is C21H21N4O4S2. The van der Waals surface area contributed by atoms with E-state index in [0.29, 0.717) is 21.7 Å². The van der Waals surface area contributed by atoms with Gasteiger partial charge in [0.15, 0.2) is 16.3 Å². The zero-order chi connectivity index (χ0) is 22.0. The average molecular weight is 458 g/mol. The van der Waals surface area contributed by atoms with Crippen LogP contribution in [0.3, 0.4) is 0 Å². The predicted octanol–water partition coefficient (Wildman–Crippen LogP) is 4.24. The van der Waals surface area contributed by atoms with Gasteiger partial charge in [0.25, 0.3) is 0 Å². The van der Waals surface area contributed by atoms with Crippen molar-refractivity contribution in [1.82, 2.24) is 14.8 Å². The number of carbonyl (C=O) groups is 1. The van der Waals surface area contributed by atoms with Crippen molar-refractivity contribution in [3.8, 4) is 11.4 Å². The van der Waals surface area contributed by atoms with E-state index in [0.717, 1.165) is 22.5 Å². The first-order valence-corrected chi connectivity index (χ1v) is 10.5. The van der Waals surface area contributed by atoms with Gasteiger partial charge in [0.2, 0.25) is 0 Å². The Morgan fingerprint density at radius 3 is 2.65 bits per heavy atom. The monoisotopic (exact) mass is 457 g/mol. The third-order valence-electron chi connectivity index (χ3n) is 5.16. The number of aliphatic hydroxyl groups excluding tert-OH is 1. The number of aromatic amines is 2. The highest BCUT2D eigenvalue weighted by atomic mass is 32.1. The third-order valence-corrected chi connectivity index (χ3v) is 5.73. The van der Waals surface area contributed by atoms with Crippen LogP contribution in [0.2, 0.25) is 0 Å². The maximum Gasteiger partial charge on any atom is 0.303 e. The minimum absolute atomic E-state index is 0.0469. The Labute approximate surface area is 188 Å². The number of nitrogens with zero attached hydrogens (tertiary/aromatic N) is 1. The number of anilines is 1. The topological polar surface area (TPSA) is 115 Å². The number of rotatable bonds is 8. The Kier molecular flexibility index (Phi) is 6.21. The molecule has 1 aromatic heterocycles. The zero-order valence-electron chi connectivity index (χ0n) is 16.4. The number of ether oxygens (including phenoxy) is 1. The normalized spacial score (nSPS) is 17.3. The van der Waals surface area contributed by atoms with E-state index in [-0.39, 0.29) is 19.1 Å². The second-order valence-electron chi connectivity index (χ2n) is 7.18. The highest BCUT2D eigenvalue weighted by molar-refractivity contribution is 7.72. The zero-order valence-corrected chi connectivity index (χ0v) is 18.0. The molecule has 0 saturated carbocycles. The molecule has 2 atom stereocenters. The molecule has 2 aromatic carbocycles. The van der Waals surface area contributed by atoms with Gasteiger partial charge in [-0.25, -0.2) is 0 Å². The van der Waals surface area contributed by atoms with E-state index in [1.165, 1.54) is 0 Å². The number of hydrogen-bond acceptors (Lipinski definition) is 6. The van der Waals surface area contributed by atoms with Crippen LogP contribution in [0.4, 0.5) is 5.69 Å². The van der Waals surface area contributed by atoms with Gasteiger partial charge in [-0.3, -0.25) is 19.6 Å². The number of H-pyrrole nitrogens is 2. The molecule has 0 saturated heterocycles. The highest BCUT2D eigenvalue weighted by Gasteiger charge is 2.30. The van der Waals surface area contributed by atoms with Crippen LogP contribution in [-0.2, 0) is 4.79 Å². The molecule has 1 aliphatic carbocycles. The number of carboxylic acid groups (broad SMARTS) is 1. The van der Waals surface area contributed by atoms with Crippen LogP contribution >= 0.6 is 24.4 Å². The summed E-state index contributed by atoms with van der Waals surface area (Å²) < 4.78 is 8.52. The average Bonchev–Trinajstić information content (AvgIpc) is 3.25. The van der Waals surface area contributed by atoms with Crippen molar-refractivity contribution in [2.75, 3.05) is 12.0 Å². The lowest BCUT2D eigenvalue weighted by Gasteiger charge is -2.13. The molecule has 0 aliphatic heterocycles. The third kappa shape index (κ3) is 4.71. The SMILES string of the molecule is O=C(O)CCC1[CH]C(O)c2ccc(OCNc3cccc(-n4c(=S)[nH][nH]c4=S)c3)cc21. The van der Waals surface area contributed by atoms with Crippen molar-refractivity contribution >= 4 is 36.1 Å². The molecule has 0 spiro atoms. The van der Waals surface area contributed by atoms with E-state index >= 15 is 0 Å². The minimum Gasteiger partial charge on any atom is -0.481 e. The van der Waals surface area contributed by atoms with Crippen LogP contribution < -0.4 is 10.1 Å². The summed E-state index contributed by atoms with van der Waals surface area (Å²) in [6.07, 6.45) is 1.58. The largest absolute Gasteiger partial charge is 0.481 e. The van der Waals surface area contributed by atoms with Crippen LogP contribution in [0.5, 0.6) is 5.75 Å². The Morgan fingerprint density at radius 1 is 1.13 bits per heavy atom. The first-order chi connectivity index (χ1) is 14.9. The molecule has 2 unspecified atom stereocenters. The molecule has 0 fully saturated rings. The second kappa shape index (κ2) is 9.04. The quantitative estimate of drug-likeness (QED) is 0.254. The summed E-state index contributed by atoms with van der Waals surface area (Å²) in [5.41, 5.74) is 3.35. The van der Waals surface area contributed by atoms with E-state index in [2.05, 4.69) is 15.5 Å². The maximum absolute atomic E-state index is 10.9. The summed E-state index contributed by atoms with van der Waals surface area (Å²) in [5.74, 6) is -0.317. The van der Waals surface area contributed by atoms with Crippen molar-refractivity contribution < 1.29 is 19.7 Å². The van der Waals surface area contributed by atoms with Crippen molar-refractivity contribution in [3.63, 3.8) is 0 Å². The van der Waals surface area contributed by atoms with E-state index in [1.54, 1.807) is 17.1 Å². The predicted molar refractivity (Wildman–Crippen MR) is 121 cm³/mol. The van der Waals surface area contributed by atoms with E-state index in [1.807, 2.05) is 36.4 Å². The highest BCUT2D eigenvalue weighted by Crippen LogP contribution is 2.43. The number of benzene rings is 2. The van der Waals surface area contributed by atoms with Gasteiger partial charge in [0, 0.05) is 18.5 Å². The fraction of sp³-hybridized carbons (Fsp3) is 0.238. The van der Waals surface area contributed by atoms with Crippen LogP contribution in [0.15, 0.2) is 42.5 Å². The van der Waals surface area contributed by atoms with E-state index < -0.39 is 12.1 Å². The summed E-state index contributed by atoms with van der Waals surface area (Å²) in [7, 11) is 0. The molecule has 10 heteroatoms.